The van der Waals surface area contributed by atoms with E-state index in [4.69, 9.17) is 32.7 Å². The Kier molecular flexibility index (Phi) is 10.1. The number of rotatable bonds is 11. The minimum absolute atomic E-state index is 0.0118. The summed E-state index contributed by atoms with van der Waals surface area (Å²) in [6.45, 7) is 7.37. The number of ether oxygens (including phenoxy) is 2. The van der Waals surface area contributed by atoms with Crippen LogP contribution in [0.4, 0.5) is 11.4 Å². The molecule has 0 radical (unpaired) electrons. The van der Waals surface area contributed by atoms with E-state index >= 15 is 0 Å². The lowest BCUT2D eigenvalue weighted by molar-refractivity contribution is -0.116. The normalized spacial score (nSPS) is 10.8. The van der Waals surface area contributed by atoms with Crippen LogP contribution in [0.5, 0.6) is 11.5 Å². The Morgan fingerprint density at radius 1 is 0.971 bits per heavy atom. The van der Waals surface area contributed by atoms with Crippen LogP contribution in [0.1, 0.15) is 38.3 Å². The van der Waals surface area contributed by atoms with Crippen molar-refractivity contribution in [3.63, 3.8) is 0 Å². The molecule has 35 heavy (non-hydrogen) atoms. The van der Waals surface area contributed by atoms with Gasteiger partial charge < -0.3 is 20.1 Å². The summed E-state index contributed by atoms with van der Waals surface area (Å²) in [5.41, 5.74) is 3.58. The van der Waals surface area contributed by atoms with Gasteiger partial charge in [0.25, 0.3) is 0 Å². The van der Waals surface area contributed by atoms with Gasteiger partial charge in [-0.2, -0.15) is 0 Å². The van der Waals surface area contributed by atoms with Crippen LogP contribution in [0.15, 0.2) is 59.1 Å². The SMILES string of the molecule is CCOc1cc(CNc2cccc(NC(=O)CC(C)C)c2)c(Br)cc1OCc1ccc(Cl)c(Cl)c1. The van der Waals surface area contributed by atoms with Crippen LogP contribution in [-0.4, -0.2) is 12.5 Å². The molecule has 3 aromatic carbocycles. The Morgan fingerprint density at radius 3 is 2.43 bits per heavy atom. The molecule has 3 rings (SSSR count). The van der Waals surface area contributed by atoms with Gasteiger partial charge in [0.15, 0.2) is 11.5 Å². The van der Waals surface area contributed by atoms with Crippen LogP contribution >= 0.6 is 39.1 Å². The number of benzene rings is 3. The summed E-state index contributed by atoms with van der Waals surface area (Å²) < 4.78 is 12.8. The zero-order valence-corrected chi connectivity index (χ0v) is 23.1. The van der Waals surface area contributed by atoms with E-state index in [1.54, 1.807) is 12.1 Å². The molecule has 0 aliphatic carbocycles. The first-order valence-corrected chi connectivity index (χ1v) is 13.0. The van der Waals surface area contributed by atoms with Gasteiger partial charge in [-0.25, -0.2) is 0 Å². The van der Waals surface area contributed by atoms with Crippen molar-refractivity contribution in [3.05, 3.63) is 80.2 Å². The summed E-state index contributed by atoms with van der Waals surface area (Å²) in [6, 6.07) is 17.0. The van der Waals surface area contributed by atoms with Crippen LogP contribution in [0, 0.1) is 5.92 Å². The minimum atomic E-state index is 0.0118. The zero-order chi connectivity index (χ0) is 25.4. The second kappa shape index (κ2) is 13.1. The molecule has 186 valence electrons. The Balaban J connectivity index is 1.69. The monoisotopic (exact) mass is 578 g/mol. The van der Waals surface area contributed by atoms with Crippen LogP contribution in [0.25, 0.3) is 0 Å². The van der Waals surface area contributed by atoms with E-state index in [1.807, 2.05) is 63.2 Å². The second-order valence-electron chi connectivity index (χ2n) is 8.44. The van der Waals surface area contributed by atoms with Crippen LogP contribution in [0.3, 0.4) is 0 Å². The van der Waals surface area contributed by atoms with E-state index in [2.05, 4.69) is 26.6 Å². The summed E-state index contributed by atoms with van der Waals surface area (Å²) in [5, 5.41) is 7.36. The average Bonchev–Trinajstić information content (AvgIpc) is 2.80. The van der Waals surface area contributed by atoms with Gasteiger partial charge in [0.1, 0.15) is 6.61 Å². The maximum atomic E-state index is 12.1. The fourth-order valence-corrected chi connectivity index (χ4v) is 4.15. The van der Waals surface area contributed by atoms with Crippen LogP contribution < -0.4 is 20.1 Å². The number of amides is 1. The largest absolute Gasteiger partial charge is 0.490 e. The van der Waals surface area contributed by atoms with Gasteiger partial charge in [0.05, 0.1) is 16.7 Å². The van der Waals surface area contributed by atoms with Gasteiger partial charge in [0.2, 0.25) is 5.91 Å². The molecule has 0 unspecified atom stereocenters. The molecule has 1 amide bonds. The maximum absolute atomic E-state index is 12.1. The summed E-state index contributed by atoms with van der Waals surface area (Å²) in [7, 11) is 0. The smallest absolute Gasteiger partial charge is 0.224 e. The molecule has 0 heterocycles. The van der Waals surface area contributed by atoms with Crippen molar-refractivity contribution in [1.82, 2.24) is 0 Å². The van der Waals surface area contributed by atoms with E-state index in [-0.39, 0.29) is 5.91 Å². The number of nitrogens with one attached hydrogen (secondary N) is 2. The molecule has 3 aromatic rings. The number of anilines is 2. The van der Waals surface area contributed by atoms with Gasteiger partial charge in [-0.1, -0.05) is 65.1 Å². The maximum Gasteiger partial charge on any atom is 0.224 e. The standard InChI is InChI=1S/C27H29BrCl2N2O3/c1-4-34-25-12-19(15-31-20-6-5-7-21(13-20)32-27(33)10-17(2)3)22(28)14-26(25)35-16-18-8-9-23(29)24(30)11-18/h5-9,11-14,17,31H,4,10,15-16H2,1-3H3,(H,32,33). The summed E-state index contributed by atoms with van der Waals surface area (Å²) in [5.74, 6) is 1.60. The Hall–Kier alpha value is -2.41. The highest BCUT2D eigenvalue weighted by atomic mass is 79.9. The predicted molar refractivity (Wildman–Crippen MR) is 148 cm³/mol. The molecule has 0 aliphatic heterocycles. The third-order valence-corrected chi connectivity index (χ3v) is 6.49. The van der Waals surface area contributed by atoms with Gasteiger partial charge >= 0.3 is 0 Å². The number of halogens is 3. The molecule has 0 fully saturated rings. The molecule has 0 atom stereocenters. The van der Waals surface area contributed by atoms with Crippen molar-refractivity contribution >= 4 is 56.4 Å². The Bertz CT molecular complexity index is 1170. The van der Waals surface area contributed by atoms with Gasteiger partial charge in [-0.05, 0) is 66.4 Å². The second-order valence-corrected chi connectivity index (χ2v) is 10.1. The highest BCUT2D eigenvalue weighted by Gasteiger charge is 2.12. The molecule has 2 N–H and O–H groups in total. The van der Waals surface area contributed by atoms with Gasteiger partial charge in [-0.3, -0.25) is 4.79 Å². The fourth-order valence-electron chi connectivity index (χ4n) is 3.37. The molecular formula is C27H29BrCl2N2O3. The summed E-state index contributed by atoms with van der Waals surface area (Å²) in [4.78, 5) is 12.1. The van der Waals surface area contributed by atoms with E-state index in [1.165, 1.54) is 0 Å². The average molecular weight is 580 g/mol. The third kappa shape index (κ3) is 8.34. The minimum Gasteiger partial charge on any atom is -0.490 e. The van der Waals surface area contributed by atoms with Crippen molar-refractivity contribution in [3.8, 4) is 11.5 Å². The lowest BCUT2D eigenvalue weighted by Crippen LogP contribution is -2.14. The van der Waals surface area contributed by atoms with Crippen molar-refractivity contribution < 1.29 is 14.3 Å². The summed E-state index contributed by atoms with van der Waals surface area (Å²) >= 11 is 15.8. The number of hydrogen-bond acceptors (Lipinski definition) is 4. The molecular weight excluding hydrogens is 551 g/mol. The van der Waals surface area contributed by atoms with E-state index < -0.39 is 0 Å². The van der Waals surface area contributed by atoms with E-state index in [9.17, 15) is 4.79 Å². The molecule has 0 saturated heterocycles. The predicted octanol–water partition coefficient (Wildman–Crippen LogP) is 8.33. The molecule has 8 heteroatoms. The summed E-state index contributed by atoms with van der Waals surface area (Å²) in [6.07, 6.45) is 0.490. The first-order valence-electron chi connectivity index (χ1n) is 11.4. The zero-order valence-electron chi connectivity index (χ0n) is 20.0. The van der Waals surface area contributed by atoms with Crippen LogP contribution in [-0.2, 0) is 17.9 Å². The molecule has 0 spiro atoms. The molecule has 0 aromatic heterocycles. The highest BCUT2D eigenvalue weighted by Crippen LogP contribution is 2.35. The van der Waals surface area contributed by atoms with Crippen molar-refractivity contribution in [2.24, 2.45) is 5.92 Å². The first kappa shape index (κ1) is 27.2. The molecule has 0 bridgehead atoms. The molecule has 0 saturated carbocycles. The van der Waals surface area contributed by atoms with Gasteiger partial charge in [0, 0.05) is 28.8 Å². The lowest BCUT2D eigenvalue weighted by atomic mass is 10.1. The number of carbonyl (C=O) groups excluding carboxylic acids is 1. The van der Waals surface area contributed by atoms with E-state index in [0.717, 1.165) is 27.0 Å². The van der Waals surface area contributed by atoms with Crippen LogP contribution in [0.2, 0.25) is 10.0 Å². The quantitative estimate of drug-likeness (QED) is 0.240. The number of hydrogen-bond donors (Lipinski definition) is 2. The molecule has 0 aliphatic rings. The fraction of sp³-hybridized carbons (Fsp3) is 0.296. The van der Waals surface area contributed by atoms with Crippen molar-refractivity contribution in [2.75, 3.05) is 17.2 Å². The topological polar surface area (TPSA) is 59.6 Å². The van der Waals surface area contributed by atoms with E-state index in [0.29, 0.717) is 53.6 Å². The Morgan fingerprint density at radius 2 is 1.71 bits per heavy atom. The Labute approximate surface area is 225 Å². The first-order chi connectivity index (χ1) is 16.7. The highest BCUT2D eigenvalue weighted by molar-refractivity contribution is 9.10. The van der Waals surface area contributed by atoms with Crippen molar-refractivity contribution in [1.29, 1.82) is 0 Å². The lowest BCUT2D eigenvalue weighted by Gasteiger charge is -2.16. The third-order valence-electron chi connectivity index (χ3n) is 5.01. The molecule has 5 nitrogen and oxygen atoms in total. The van der Waals surface area contributed by atoms with Crippen molar-refractivity contribution in [2.45, 2.75) is 40.3 Å². The van der Waals surface area contributed by atoms with Gasteiger partial charge in [-0.15, -0.1) is 0 Å². The number of carbonyl (C=O) groups is 1.